The van der Waals surface area contributed by atoms with Crippen LogP contribution in [0.15, 0.2) is 6.33 Å². The van der Waals surface area contributed by atoms with Crippen molar-refractivity contribution < 1.29 is 4.79 Å². The van der Waals surface area contributed by atoms with E-state index in [2.05, 4.69) is 27.8 Å². The van der Waals surface area contributed by atoms with E-state index in [1.54, 1.807) is 6.33 Å². The van der Waals surface area contributed by atoms with Crippen molar-refractivity contribution in [3.8, 4) is 0 Å². The summed E-state index contributed by atoms with van der Waals surface area (Å²) in [7, 11) is 0. The lowest BCUT2D eigenvalue weighted by Gasteiger charge is -2.29. The molecule has 2 amide bonds. The summed E-state index contributed by atoms with van der Waals surface area (Å²) in [6.07, 6.45) is 6.45. The van der Waals surface area contributed by atoms with Gasteiger partial charge in [-0.2, -0.15) is 0 Å². The average molecular weight is 265 g/mol. The Morgan fingerprint density at radius 1 is 1.47 bits per heavy atom. The number of rotatable bonds is 4. The summed E-state index contributed by atoms with van der Waals surface area (Å²) in [6.45, 7) is 5.46. The van der Waals surface area contributed by atoms with E-state index in [9.17, 15) is 4.79 Å². The van der Waals surface area contributed by atoms with Crippen LogP contribution >= 0.6 is 0 Å². The fourth-order valence-corrected chi connectivity index (χ4v) is 2.59. The number of nitrogens with zero attached hydrogens (tertiary/aromatic N) is 3. The maximum Gasteiger partial charge on any atom is 0.315 e. The van der Waals surface area contributed by atoms with Crippen LogP contribution in [0.5, 0.6) is 0 Å². The fourth-order valence-electron chi connectivity index (χ4n) is 2.59. The zero-order chi connectivity index (χ0) is 13.7. The molecular weight excluding hydrogens is 242 g/mol. The first kappa shape index (κ1) is 13.8. The predicted octanol–water partition coefficient (Wildman–Crippen LogP) is 1.68. The van der Waals surface area contributed by atoms with Gasteiger partial charge in [0.15, 0.2) is 5.82 Å². The number of aromatic nitrogens is 3. The Hall–Kier alpha value is -1.59. The molecule has 1 aromatic heterocycles. The largest absolute Gasteiger partial charge is 0.335 e. The van der Waals surface area contributed by atoms with Gasteiger partial charge in [0.25, 0.3) is 0 Å². The molecule has 1 heterocycles. The number of hydrogen-bond acceptors (Lipinski definition) is 3. The molecule has 1 aliphatic rings. The molecule has 1 aliphatic carbocycles. The first-order chi connectivity index (χ1) is 9.20. The van der Waals surface area contributed by atoms with Crippen molar-refractivity contribution in [2.75, 3.05) is 0 Å². The zero-order valence-corrected chi connectivity index (χ0v) is 11.7. The van der Waals surface area contributed by atoms with Gasteiger partial charge in [0.2, 0.25) is 0 Å². The van der Waals surface area contributed by atoms with Gasteiger partial charge in [0.1, 0.15) is 6.33 Å². The van der Waals surface area contributed by atoms with Crippen LogP contribution in [0, 0.1) is 5.92 Å². The highest BCUT2D eigenvalue weighted by molar-refractivity contribution is 5.74. The second kappa shape index (κ2) is 6.54. The topological polar surface area (TPSA) is 71.8 Å². The number of aryl methyl sites for hydroxylation is 1. The molecular formula is C13H23N5O. The minimum atomic E-state index is -0.107. The van der Waals surface area contributed by atoms with Gasteiger partial charge in [-0.1, -0.05) is 19.8 Å². The van der Waals surface area contributed by atoms with E-state index in [0.717, 1.165) is 18.8 Å². The number of urea groups is 1. The van der Waals surface area contributed by atoms with Gasteiger partial charge >= 0.3 is 6.03 Å². The van der Waals surface area contributed by atoms with Gasteiger partial charge < -0.3 is 15.2 Å². The Kier molecular flexibility index (Phi) is 4.76. The third-order valence-electron chi connectivity index (χ3n) is 3.87. The summed E-state index contributed by atoms with van der Waals surface area (Å²) >= 11 is 0. The minimum Gasteiger partial charge on any atom is -0.335 e. The number of hydrogen-bond donors (Lipinski definition) is 2. The van der Waals surface area contributed by atoms with E-state index in [1.807, 2.05) is 11.5 Å². The second-order valence-electron chi connectivity index (χ2n) is 5.23. The Balaban J connectivity index is 1.78. The first-order valence-electron chi connectivity index (χ1n) is 7.11. The molecule has 1 saturated carbocycles. The van der Waals surface area contributed by atoms with Crippen molar-refractivity contribution in [3.05, 3.63) is 12.2 Å². The lowest BCUT2D eigenvalue weighted by atomic mass is 9.86. The third-order valence-corrected chi connectivity index (χ3v) is 3.87. The highest BCUT2D eigenvalue weighted by atomic mass is 16.2. The fraction of sp³-hybridized carbons (Fsp3) is 0.769. The molecule has 6 nitrogen and oxygen atoms in total. The van der Waals surface area contributed by atoms with E-state index in [-0.39, 0.29) is 6.03 Å². The van der Waals surface area contributed by atoms with E-state index < -0.39 is 0 Å². The number of carbonyl (C=O) groups excluding carboxylic acids is 1. The lowest BCUT2D eigenvalue weighted by molar-refractivity contribution is 0.221. The van der Waals surface area contributed by atoms with E-state index >= 15 is 0 Å². The molecule has 2 N–H and O–H groups in total. The number of carbonyl (C=O) groups is 1. The van der Waals surface area contributed by atoms with Crippen LogP contribution in [0.2, 0.25) is 0 Å². The van der Waals surface area contributed by atoms with Gasteiger partial charge in [-0.25, -0.2) is 4.79 Å². The minimum absolute atomic E-state index is 0.107. The maximum atomic E-state index is 11.9. The molecule has 6 heteroatoms. The Morgan fingerprint density at radius 3 is 3.00 bits per heavy atom. The molecule has 19 heavy (non-hydrogen) atoms. The van der Waals surface area contributed by atoms with Gasteiger partial charge in [0.05, 0.1) is 6.54 Å². The van der Waals surface area contributed by atoms with Crippen LogP contribution in [0.4, 0.5) is 4.79 Å². The molecule has 0 bridgehead atoms. The summed E-state index contributed by atoms with van der Waals surface area (Å²) < 4.78 is 1.92. The van der Waals surface area contributed by atoms with Crippen molar-refractivity contribution in [1.29, 1.82) is 0 Å². The Labute approximate surface area is 114 Å². The van der Waals surface area contributed by atoms with Gasteiger partial charge in [-0.3, -0.25) is 0 Å². The molecule has 2 unspecified atom stereocenters. The average Bonchev–Trinajstić information content (AvgIpc) is 2.86. The SMILES string of the molecule is CCn1cnnc1CNC(=O)NC1CCCCC1C. The lowest BCUT2D eigenvalue weighted by Crippen LogP contribution is -2.46. The molecule has 1 fully saturated rings. The standard InChI is InChI=1S/C13H23N5O/c1-3-18-9-15-17-12(18)8-14-13(19)16-11-7-5-4-6-10(11)2/h9-11H,3-8H2,1-2H3,(H2,14,16,19). The van der Waals surface area contributed by atoms with Crippen molar-refractivity contribution in [3.63, 3.8) is 0 Å². The van der Waals surface area contributed by atoms with Crippen molar-refractivity contribution in [1.82, 2.24) is 25.4 Å². The van der Waals surface area contributed by atoms with Gasteiger partial charge in [0, 0.05) is 12.6 Å². The van der Waals surface area contributed by atoms with E-state index in [4.69, 9.17) is 0 Å². The normalized spacial score (nSPS) is 23.1. The molecule has 2 rings (SSSR count). The Morgan fingerprint density at radius 2 is 2.26 bits per heavy atom. The molecule has 0 spiro atoms. The Bertz CT molecular complexity index is 417. The molecule has 0 saturated heterocycles. The first-order valence-corrected chi connectivity index (χ1v) is 7.11. The van der Waals surface area contributed by atoms with Crippen LogP contribution in [-0.2, 0) is 13.1 Å². The second-order valence-corrected chi connectivity index (χ2v) is 5.23. The number of nitrogens with one attached hydrogen (secondary N) is 2. The third kappa shape index (κ3) is 3.68. The molecule has 0 radical (unpaired) electrons. The maximum absolute atomic E-state index is 11.9. The monoisotopic (exact) mass is 265 g/mol. The van der Waals surface area contributed by atoms with E-state index in [0.29, 0.717) is 18.5 Å². The van der Waals surface area contributed by atoms with Crippen molar-refractivity contribution in [2.24, 2.45) is 5.92 Å². The van der Waals surface area contributed by atoms with Crippen molar-refractivity contribution in [2.45, 2.75) is 58.7 Å². The smallest absolute Gasteiger partial charge is 0.315 e. The van der Waals surface area contributed by atoms with Crippen LogP contribution in [0.1, 0.15) is 45.4 Å². The highest BCUT2D eigenvalue weighted by Gasteiger charge is 2.22. The summed E-state index contributed by atoms with van der Waals surface area (Å²) in [5.41, 5.74) is 0. The van der Waals surface area contributed by atoms with E-state index in [1.165, 1.54) is 19.3 Å². The highest BCUT2D eigenvalue weighted by Crippen LogP contribution is 2.23. The molecule has 2 atom stereocenters. The quantitative estimate of drug-likeness (QED) is 0.870. The van der Waals surface area contributed by atoms with Crippen LogP contribution in [0.3, 0.4) is 0 Å². The summed E-state index contributed by atoms with van der Waals surface area (Å²) in [6, 6.07) is 0.196. The summed E-state index contributed by atoms with van der Waals surface area (Å²) in [5, 5.41) is 13.7. The van der Waals surface area contributed by atoms with Gasteiger partial charge in [-0.05, 0) is 25.7 Å². The van der Waals surface area contributed by atoms with Crippen molar-refractivity contribution >= 4 is 6.03 Å². The molecule has 106 valence electrons. The molecule has 1 aromatic rings. The summed E-state index contributed by atoms with van der Waals surface area (Å²) in [5.74, 6) is 1.35. The molecule has 0 aromatic carbocycles. The van der Waals surface area contributed by atoms with Crippen LogP contribution in [0.25, 0.3) is 0 Å². The molecule has 0 aliphatic heterocycles. The van der Waals surface area contributed by atoms with Crippen LogP contribution < -0.4 is 10.6 Å². The summed E-state index contributed by atoms with van der Waals surface area (Å²) in [4.78, 5) is 11.9. The predicted molar refractivity (Wildman–Crippen MR) is 72.5 cm³/mol. The van der Waals surface area contributed by atoms with Crippen LogP contribution in [-0.4, -0.2) is 26.8 Å². The zero-order valence-electron chi connectivity index (χ0n) is 11.7. The number of amides is 2. The van der Waals surface area contributed by atoms with Gasteiger partial charge in [-0.15, -0.1) is 10.2 Å².